The van der Waals surface area contributed by atoms with Gasteiger partial charge in [-0.2, -0.15) is 0 Å². The lowest BCUT2D eigenvalue weighted by molar-refractivity contribution is 0.758. The predicted molar refractivity (Wildman–Crippen MR) is 104 cm³/mol. The smallest absolute Gasteiger partial charge is 0.158 e. The first-order valence-corrected chi connectivity index (χ1v) is 7.95. The van der Waals surface area contributed by atoms with Crippen molar-refractivity contribution in [3.8, 4) is 11.3 Å². The number of aromatic nitrogens is 2. The Balaban J connectivity index is 0.00000208. The molecule has 0 saturated heterocycles. The number of hydrogen-bond acceptors (Lipinski definition) is 4. The molecule has 0 aliphatic heterocycles. The number of rotatable bonds is 5. The summed E-state index contributed by atoms with van der Waals surface area (Å²) in [6, 6.07) is 15.9. The lowest BCUT2D eigenvalue weighted by Crippen LogP contribution is -2.28. The van der Waals surface area contributed by atoms with Crippen molar-refractivity contribution in [1.82, 2.24) is 15.5 Å². The molecule has 0 aliphatic carbocycles. The van der Waals surface area contributed by atoms with E-state index < -0.39 is 0 Å². The fourth-order valence-corrected chi connectivity index (χ4v) is 2.70. The molecule has 0 amide bonds. The summed E-state index contributed by atoms with van der Waals surface area (Å²) in [5.74, 6) is 0.897. The van der Waals surface area contributed by atoms with E-state index in [0.29, 0.717) is 0 Å². The van der Waals surface area contributed by atoms with Crippen LogP contribution in [0.2, 0.25) is 5.02 Å². The van der Waals surface area contributed by atoms with Crippen molar-refractivity contribution in [2.75, 3.05) is 32.1 Å². The van der Waals surface area contributed by atoms with Gasteiger partial charge in [0.2, 0.25) is 0 Å². The van der Waals surface area contributed by atoms with Crippen LogP contribution in [0.4, 0.5) is 5.82 Å². The Morgan fingerprint density at radius 2 is 1.67 bits per heavy atom. The second-order valence-electron chi connectivity index (χ2n) is 5.45. The fourth-order valence-electron chi connectivity index (χ4n) is 2.58. The molecular weight excluding hydrogens is 343 g/mol. The molecule has 126 valence electrons. The molecule has 6 heteroatoms. The maximum absolute atomic E-state index is 5.98. The van der Waals surface area contributed by atoms with E-state index in [2.05, 4.69) is 32.5 Å². The Bertz CT molecular complexity index is 806. The first kappa shape index (κ1) is 18.5. The van der Waals surface area contributed by atoms with Crippen LogP contribution in [-0.4, -0.2) is 37.4 Å². The van der Waals surface area contributed by atoms with E-state index in [1.54, 1.807) is 0 Å². The minimum absolute atomic E-state index is 0. The SMILES string of the molecule is CNCCN(C)c1nnc(-c2ccc(Cl)cc2)c2ccccc12.Cl. The number of halogens is 2. The molecule has 0 fully saturated rings. The van der Waals surface area contributed by atoms with Gasteiger partial charge in [-0.05, 0) is 19.2 Å². The number of fused-ring (bicyclic) bond motifs is 1. The van der Waals surface area contributed by atoms with Gasteiger partial charge in [-0.25, -0.2) is 0 Å². The zero-order chi connectivity index (χ0) is 16.2. The normalized spacial score (nSPS) is 10.5. The third-order valence-electron chi connectivity index (χ3n) is 3.84. The van der Waals surface area contributed by atoms with E-state index in [4.69, 9.17) is 11.6 Å². The molecule has 0 aliphatic rings. The van der Waals surface area contributed by atoms with Gasteiger partial charge in [-0.3, -0.25) is 0 Å². The van der Waals surface area contributed by atoms with Crippen LogP contribution < -0.4 is 10.2 Å². The Hall–Kier alpha value is -1.88. The van der Waals surface area contributed by atoms with E-state index >= 15 is 0 Å². The maximum Gasteiger partial charge on any atom is 0.158 e. The summed E-state index contributed by atoms with van der Waals surface area (Å²) >= 11 is 5.98. The molecule has 2 aromatic carbocycles. The lowest BCUT2D eigenvalue weighted by atomic mass is 10.0. The van der Waals surface area contributed by atoms with Gasteiger partial charge in [-0.1, -0.05) is 48.0 Å². The maximum atomic E-state index is 5.98. The third kappa shape index (κ3) is 3.78. The number of benzene rings is 2. The quantitative estimate of drug-likeness (QED) is 0.743. The van der Waals surface area contributed by atoms with Crippen LogP contribution in [-0.2, 0) is 0 Å². The minimum Gasteiger partial charge on any atom is -0.356 e. The summed E-state index contributed by atoms with van der Waals surface area (Å²) in [6.45, 7) is 1.76. The molecule has 4 nitrogen and oxygen atoms in total. The average Bonchev–Trinajstić information content (AvgIpc) is 2.59. The molecule has 3 aromatic rings. The van der Waals surface area contributed by atoms with E-state index in [1.807, 2.05) is 50.5 Å². The summed E-state index contributed by atoms with van der Waals surface area (Å²) in [5, 5.41) is 15.0. The van der Waals surface area contributed by atoms with E-state index in [0.717, 1.165) is 46.0 Å². The van der Waals surface area contributed by atoms with Crippen molar-refractivity contribution in [3.05, 3.63) is 53.6 Å². The highest BCUT2D eigenvalue weighted by atomic mass is 35.5. The molecule has 1 N–H and O–H groups in total. The Labute approximate surface area is 153 Å². The molecule has 0 unspecified atom stereocenters. The number of nitrogens with one attached hydrogen (secondary N) is 1. The average molecular weight is 363 g/mol. The van der Waals surface area contributed by atoms with Gasteiger partial charge in [0, 0.05) is 41.5 Å². The molecule has 1 aromatic heterocycles. The van der Waals surface area contributed by atoms with Crippen molar-refractivity contribution in [1.29, 1.82) is 0 Å². The summed E-state index contributed by atoms with van der Waals surface area (Å²) < 4.78 is 0. The van der Waals surface area contributed by atoms with Gasteiger partial charge in [-0.15, -0.1) is 22.6 Å². The summed E-state index contributed by atoms with van der Waals surface area (Å²) in [6.07, 6.45) is 0. The van der Waals surface area contributed by atoms with Crippen LogP contribution in [0.25, 0.3) is 22.0 Å². The molecule has 0 atom stereocenters. The minimum atomic E-state index is 0. The van der Waals surface area contributed by atoms with Crippen molar-refractivity contribution < 1.29 is 0 Å². The Morgan fingerprint density at radius 3 is 2.33 bits per heavy atom. The number of hydrogen-bond donors (Lipinski definition) is 1. The molecular formula is C18H20Cl2N4. The molecule has 0 saturated carbocycles. The van der Waals surface area contributed by atoms with Gasteiger partial charge in [0.05, 0.1) is 0 Å². The number of anilines is 1. The molecule has 3 rings (SSSR count). The predicted octanol–water partition coefficient (Wildman–Crippen LogP) is 4.03. The number of nitrogens with zero attached hydrogens (tertiary/aromatic N) is 3. The first-order valence-electron chi connectivity index (χ1n) is 7.58. The largest absolute Gasteiger partial charge is 0.356 e. The highest BCUT2D eigenvalue weighted by Gasteiger charge is 2.13. The summed E-state index contributed by atoms with van der Waals surface area (Å²) in [5.41, 5.74) is 1.89. The highest BCUT2D eigenvalue weighted by Crippen LogP contribution is 2.31. The van der Waals surface area contributed by atoms with Crippen LogP contribution in [0.5, 0.6) is 0 Å². The highest BCUT2D eigenvalue weighted by molar-refractivity contribution is 6.30. The van der Waals surface area contributed by atoms with Crippen molar-refractivity contribution in [3.63, 3.8) is 0 Å². The third-order valence-corrected chi connectivity index (χ3v) is 4.10. The van der Waals surface area contributed by atoms with Gasteiger partial charge in [0.15, 0.2) is 5.82 Å². The Kier molecular flexibility index (Phi) is 6.37. The van der Waals surface area contributed by atoms with E-state index in [9.17, 15) is 0 Å². The second-order valence-corrected chi connectivity index (χ2v) is 5.89. The molecule has 1 heterocycles. The zero-order valence-corrected chi connectivity index (χ0v) is 15.2. The Morgan fingerprint density at radius 1 is 1.00 bits per heavy atom. The standard InChI is InChI=1S/C18H19ClN4.ClH/c1-20-11-12-23(2)18-16-6-4-3-5-15(16)17(21-22-18)13-7-9-14(19)10-8-13;/h3-10,20H,11-12H2,1-2H3;1H. The van der Waals surface area contributed by atoms with Crippen LogP contribution in [0.1, 0.15) is 0 Å². The van der Waals surface area contributed by atoms with Crippen LogP contribution >= 0.6 is 24.0 Å². The van der Waals surface area contributed by atoms with Gasteiger partial charge < -0.3 is 10.2 Å². The van der Waals surface area contributed by atoms with Gasteiger partial charge in [0.25, 0.3) is 0 Å². The molecule has 24 heavy (non-hydrogen) atoms. The van der Waals surface area contributed by atoms with Crippen molar-refractivity contribution in [2.45, 2.75) is 0 Å². The molecule has 0 spiro atoms. The summed E-state index contributed by atoms with van der Waals surface area (Å²) in [7, 11) is 3.98. The topological polar surface area (TPSA) is 41.0 Å². The second kappa shape index (κ2) is 8.29. The van der Waals surface area contributed by atoms with E-state index in [1.165, 1.54) is 0 Å². The zero-order valence-electron chi connectivity index (χ0n) is 13.7. The van der Waals surface area contributed by atoms with E-state index in [-0.39, 0.29) is 12.4 Å². The van der Waals surface area contributed by atoms with Gasteiger partial charge >= 0.3 is 0 Å². The van der Waals surface area contributed by atoms with Crippen LogP contribution in [0.3, 0.4) is 0 Å². The summed E-state index contributed by atoms with van der Waals surface area (Å²) in [4.78, 5) is 2.12. The van der Waals surface area contributed by atoms with Gasteiger partial charge in [0.1, 0.15) is 5.69 Å². The first-order chi connectivity index (χ1) is 11.2. The fraction of sp³-hybridized carbons (Fsp3) is 0.222. The van der Waals surface area contributed by atoms with Crippen molar-refractivity contribution in [2.24, 2.45) is 0 Å². The number of likely N-dealkylation sites (N-methyl/N-ethyl adjacent to an activating group) is 2. The lowest BCUT2D eigenvalue weighted by Gasteiger charge is -2.20. The molecule has 0 bridgehead atoms. The molecule has 0 radical (unpaired) electrons. The van der Waals surface area contributed by atoms with Crippen molar-refractivity contribution >= 4 is 40.6 Å². The monoisotopic (exact) mass is 362 g/mol. The van der Waals surface area contributed by atoms with Crippen LogP contribution in [0.15, 0.2) is 48.5 Å². The van der Waals surface area contributed by atoms with Crippen LogP contribution in [0, 0.1) is 0 Å².